The van der Waals surface area contributed by atoms with Crippen molar-refractivity contribution < 1.29 is 61.7 Å². The van der Waals surface area contributed by atoms with Crippen LogP contribution in [0.2, 0.25) is 0 Å². The molecule has 0 aliphatic rings. The summed E-state index contributed by atoms with van der Waals surface area (Å²) in [6.45, 7) is 12.7. The summed E-state index contributed by atoms with van der Waals surface area (Å²) in [6, 6.07) is 0. The predicted octanol–water partition coefficient (Wildman–Crippen LogP) is 2.69. The van der Waals surface area contributed by atoms with Crippen LogP contribution in [0.15, 0.2) is 0 Å². The lowest BCUT2D eigenvalue weighted by Crippen LogP contribution is -2.64. The van der Waals surface area contributed by atoms with Crippen LogP contribution in [0.5, 0.6) is 0 Å². The van der Waals surface area contributed by atoms with Crippen LogP contribution in [-0.2, 0) is 61.7 Å². The molecular weight excluding hydrogens is 496 g/mol. The van der Waals surface area contributed by atoms with E-state index in [0.717, 1.165) is 0 Å². The van der Waals surface area contributed by atoms with Gasteiger partial charge in [0, 0.05) is 34.0 Å². The number of methoxy groups -OCH3 is 2. The molecule has 0 aromatic heterocycles. The molecule has 13 nitrogen and oxygen atoms in total. The van der Waals surface area contributed by atoms with E-state index < -0.39 is 49.0 Å². The smallest absolute Gasteiger partial charge is 0.404 e. The third-order valence-corrected chi connectivity index (χ3v) is 4.53. The predicted molar refractivity (Wildman–Crippen MR) is 129 cm³/mol. The fraction of sp³-hybridized carbons (Fsp3) is 0.917. The van der Waals surface area contributed by atoms with Crippen molar-refractivity contribution in [1.29, 1.82) is 0 Å². The van der Waals surface area contributed by atoms with Crippen LogP contribution in [0.1, 0.15) is 61.3 Å². The van der Waals surface area contributed by atoms with Crippen molar-refractivity contribution in [2.45, 2.75) is 85.5 Å². The lowest BCUT2D eigenvalue weighted by atomic mass is 10.3. The molecule has 0 heterocycles. The summed E-state index contributed by atoms with van der Waals surface area (Å²) in [7, 11) is 2.66. The Morgan fingerprint density at radius 1 is 0.568 bits per heavy atom. The number of ether oxygens (including phenoxy) is 11. The van der Waals surface area contributed by atoms with Gasteiger partial charge in [-0.1, -0.05) is 0 Å². The van der Waals surface area contributed by atoms with Gasteiger partial charge in [-0.25, -0.2) is 0 Å². The zero-order valence-electron chi connectivity index (χ0n) is 23.7. The van der Waals surface area contributed by atoms with Gasteiger partial charge >= 0.3 is 29.9 Å². The molecule has 0 saturated heterocycles. The van der Waals surface area contributed by atoms with E-state index in [1.807, 2.05) is 0 Å². The van der Waals surface area contributed by atoms with E-state index in [1.165, 1.54) is 14.2 Å². The Hall–Kier alpha value is -1.42. The van der Waals surface area contributed by atoms with Crippen LogP contribution in [0.4, 0.5) is 0 Å². The molecule has 0 aromatic rings. The molecule has 0 spiro atoms. The topological polar surface area (TPSA) is 136 Å². The van der Waals surface area contributed by atoms with Crippen LogP contribution >= 0.6 is 0 Å². The van der Waals surface area contributed by atoms with Gasteiger partial charge in [-0.05, 0) is 48.5 Å². The van der Waals surface area contributed by atoms with Crippen LogP contribution in [0.25, 0.3) is 0 Å². The fourth-order valence-corrected chi connectivity index (χ4v) is 3.33. The molecule has 1 unspecified atom stereocenters. The van der Waals surface area contributed by atoms with Crippen molar-refractivity contribution in [3.8, 4) is 0 Å². The molecule has 37 heavy (non-hydrogen) atoms. The van der Waals surface area contributed by atoms with Crippen LogP contribution < -0.4 is 0 Å². The Morgan fingerprint density at radius 2 is 0.973 bits per heavy atom. The van der Waals surface area contributed by atoms with Crippen molar-refractivity contribution in [1.82, 2.24) is 0 Å². The molecular formula is C24H46O13. The number of hydrogen-bond acceptors (Lipinski definition) is 13. The first-order chi connectivity index (χ1) is 17.7. The summed E-state index contributed by atoms with van der Waals surface area (Å²) in [5, 5.41) is 0. The quantitative estimate of drug-likeness (QED) is 0.138. The highest BCUT2D eigenvalue weighted by Gasteiger charge is 2.62. The number of rotatable bonds is 23. The highest BCUT2D eigenvalue weighted by Crippen LogP contribution is 2.36. The van der Waals surface area contributed by atoms with Gasteiger partial charge in [0.15, 0.2) is 0 Å². The Balaban J connectivity index is 5.79. The Labute approximate surface area is 220 Å². The Morgan fingerprint density at radius 3 is 1.32 bits per heavy atom. The molecule has 0 aliphatic carbocycles. The van der Waals surface area contributed by atoms with Crippen LogP contribution in [0, 0.1) is 0 Å². The molecule has 0 saturated carbocycles. The average Bonchev–Trinajstić information content (AvgIpc) is 2.86. The standard InChI is InChI=1S/C24H46O13/c1-10-29-21(27-8)22(30-11-2,31-12-3)36-19(25)17-18-20(26)37-24(34-15-6,35-16-7)23(28-9,32-13-4)33-14-5/h21H,10-18H2,1-9H3. The van der Waals surface area contributed by atoms with Gasteiger partial charge in [0.2, 0.25) is 0 Å². The number of carbonyl (C=O) groups is 2. The number of esters is 2. The second kappa shape index (κ2) is 18.8. The van der Waals surface area contributed by atoms with Gasteiger partial charge in [0.05, 0.1) is 39.3 Å². The summed E-state index contributed by atoms with van der Waals surface area (Å²) >= 11 is 0. The molecule has 0 N–H and O–H groups in total. The van der Waals surface area contributed by atoms with Gasteiger partial charge in [-0.3, -0.25) is 9.59 Å². The molecule has 0 rings (SSSR count). The Kier molecular flexibility index (Phi) is 18.0. The van der Waals surface area contributed by atoms with Crippen LogP contribution in [-0.4, -0.2) is 96.6 Å². The van der Waals surface area contributed by atoms with E-state index in [-0.39, 0.29) is 46.2 Å². The average molecular weight is 543 g/mol. The van der Waals surface area contributed by atoms with Crippen molar-refractivity contribution in [3.63, 3.8) is 0 Å². The molecule has 220 valence electrons. The summed E-state index contributed by atoms with van der Waals surface area (Å²) < 4.78 is 61.2. The Bertz CT molecular complexity index is 610. The molecule has 1 atom stereocenters. The van der Waals surface area contributed by atoms with Crippen molar-refractivity contribution in [2.75, 3.05) is 60.5 Å². The van der Waals surface area contributed by atoms with Gasteiger partial charge in [-0.15, -0.1) is 0 Å². The molecule has 0 amide bonds. The minimum atomic E-state index is -2.21. The van der Waals surface area contributed by atoms with Gasteiger partial charge in [-0.2, -0.15) is 0 Å². The van der Waals surface area contributed by atoms with Gasteiger partial charge in [0.25, 0.3) is 6.29 Å². The summed E-state index contributed by atoms with van der Waals surface area (Å²) in [4.78, 5) is 25.7. The third kappa shape index (κ3) is 10.0. The summed E-state index contributed by atoms with van der Waals surface area (Å²) in [5.41, 5.74) is 0. The minimum absolute atomic E-state index is 0.0572. The van der Waals surface area contributed by atoms with Gasteiger partial charge in [0.1, 0.15) is 0 Å². The second-order valence-electron chi connectivity index (χ2n) is 6.99. The van der Waals surface area contributed by atoms with E-state index >= 15 is 0 Å². The van der Waals surface area contributed by atoms with E-state index in [9.17, 15) is 9.59 Å². The first-order valence-electron chi connectivity index (χ1n) is 12.7. The largest absolute Gasteiger partial charge is 0.416 e. The van der Waals surface area contributed by atoms with Crippen molar-refractivity contribution >= 4 is 11.9 Å². The van der Waals surface area contributed by atoms with Gasteiger partial charge < -0.3 is 52.1 Å². The zero-order valence-corrected chi connectivity index (χ0v) is 23.7. The third-order valence-electron chi connectivity index (χ3n) is 4.53. The minimum Gasteiger partial charge on any atom is -0.404 e. The van der Waals surface area contributed by atoms with Crippen molar-refractivity contribution in [2.24, 2.45) is 0 Å². The highest BCUT2D eigenvalue weighted by molar-refractivity contribution is 5.78. The molecule has 0 aromatic carbocycles. The normalized spacial score (nSPS) is 13.4. The van der Waals surface area contributed by atoms with Crippen molar-refractivity contribution in [3.05, 3.63) is 0 Å². The lowest BCUT2D eigenvalue weighted by molar-refractivity contribution is -0.546. The van der Waals surface area contributed by atoms with E-state index in [1.54, 1.807) is 48.5 Å². The summed E-state index contributed by atoms with van der Waals surface area (Å²) in [6.07, 6.45) is -1.99. The van der Waals surface area contributed by atoms with E-state index in [0.29, 0.717) is 0 Å². The monoisotopic (exact) mass is 542 g/mol. The van der Waals surface area contributed by atoms with Crippen LogP contribution in [0.3, 0.4) is 0 Å². The fourth-order valence-electron chi connectivity index (χ4n) is 3.33. The maximum Gasteiger partial charge on any atom is 0.416 e. The maximum atomic E-state index is 12.9. The second-order valence-corrected chi connectivity index (χ2v) is 6.99. The molecule has 0 bridgehead atoms. The molecule has 0 fully saturated rings. The summed E-state index contributed by atoms with van der Waals surface area (Å²) in [5.74, 6) is -7.90. The lowest BCUT2D eigenvalue weighted by Gasteiger charge is -2.44. The first-order valence-corrected chi connectivity index (χ1v) is 12.7. The highest BCUT2D eigenvalue weighted by atomic mass is 17.0. The zero-order chi connectivity index (χ0) is 28.4. The maximum absolute atomic E-state index is 12.9. The first kappa shape index (κ1) is 35.6. The number of carbonyl (C=O) groups excluding carboxylic acids is 2. The number of hydrogen-bond donors (Lipinski definition) is 0. The molecule has 0 aliphatic heterocycles. The molecule has 0 radical (unpaired) electrons. The van der Waals surface area contributed by atoms with E-state index in [2.05, 4.69) is 0 Å². The van der Waals surface area contributed by atoms with E-state index in [4.69, 9.17) is 52.1 Å². The SMILES string of the molecule is CCOC(OC)C(OCC)(OCC)OC(=O)CCC(=O)OC(OCC)(OCC)C(OC)(OCC)OCC. The molecule has 13 heteroatoms.